The highest BCUT2D eigenvalue weighted by atomic mass is 79.9. The van der Waals surface area contributed by atoms with Crippen LogP contribution in [0.3, 0.4) is 0 Å². The molecule has 0 aliphatic rings. The van der Waals surface area contributed by atoms with E-state index < -0.39 is 0 Å². The molecular formula is C13H7Br2Cl2NO. The molecule has 0 fully saturated rings. The van der Waals surface area contributed by atoms with E-state index in [4.69, 9.17) is 23.2 Å². The first kappa shape index (κ1) is 14.9. The zero-order valence-electron chi connectivity index (χ0n) is 9.38. The third-order valence-corrected chi connectivity index (χ3v) is 3.90. The van der Waals surface area contributed by atoms with E-state index in [1.54, 1.807) is 36.4 Å². The summed E-state index contributed by atoms with van der Waals surface area (Å²) in [5, 5.41) is 3.81. The molecular weight excluding hydrogens is 417 g/mol. The van der Waals surface area contributed by atoms with Crippen LogP contribution in [-0.2, 0) is 0 Å². The molecule has 0 radical (unpaired) electrons. The summed E-state index contributed by atoms with van der Waals surface area (Å²) in [7, 11) is 0. The number of carbonyl (C=O) groups excluding carboxylic acids is 1. The van der Waals surface area contributed by atoms with Crippen LogP contribution in [0.4, 0.5) is 5.69 Å². The molecule has 0 heterocycles. The van der Waals surface area contributed by atoms with E-state index in [0.717, 1.165) is 8.95 Å². The third kappa shape index (κ3) is 3.96. The second kappa shape index (κ2) is 6.27. The summed E-state index contributed by atoms with van der Waals surface area (Å²) in [6.07, 6.45) is 0. The van der Waals surface area contributed by atoms with Gasteiger partial charge in [-0.2, -0.15) is 0 Å². The summed E-state index contributed by atoms with van der Waals surface area (Å²) in [6, 6.07) is 10.2. The second-order valence-corrected chi connectivity index (χ2v) is 6.38. The highest BCUT2D eigenvalue weighted by Gasteiger charge is 2.10. The van der Waals surface area contributed by atoms with Crippen molar-refractivity contribution < 1.29 is 4.79 Å². The third-order valence-electron chi connectivity index (χ3n) is 2.30. The lowest BCUT2D eigenvalue weighted by molar-refractivity contribution is 0.102. The van der Waals surface area contributed by atoms with Gasteiger partial charge < -0.3 is 5.32 Å². The molecule has 2 nitrogen and oxygen atoms in total. The highest BCUT2D eigenvalue weighted by molar-refractivity contribution is 9.10. The van der Waals surface area contributed by atoms with Crippen molar-refractivity contribution in [2.75, 3.05) is 5.32 Å². The highest BCUT2D eigenvalue weighted by Crippen LogP contribution is 2.27. The van der Waals surface area contributed by atoms with Gasteiger partial charge in [0.25, 0.3) is 5.91 Å². The fourth-order valence-electron chi connectivity index (χ4n) is 1.47. The molecule has 0 saturated carbocycles. The first-order chi connectivity index (χ1) is 8.95. The number of hydrogen-bond acceptors (Lipinski definition) is 1. The van der Waals surface area contributed by atoms with E-state index >= 15 is 0 Å². The van der Waals surface area contributed by atoms with Gasteiger partial charge in [0.1, 0.15) is 0 Å². The Balaban J connectivity index is 2.28. The van der Waals surface area contributed by atoms with Crippen LogP contribution in [-0.4, -0.2) is 5.91 Å². The maximum atomic E-state index is 12.1. The topological polar surface area (TPSA) is 29.1 Å². The van der Waals surface area contributed by atoms with Crippen LogP contribution in [0.15, 0.2) is 45.3 Å². The van der Waals surface area contributed by atoms with E-state index in [2.05, 4.69) is 37.2 Å². The molecule has 98 valence electrons. The largest absolute Gasteiger partial charge is 0.321 e. The average molecular weight is 424 g/mol. The lowest BCUT2D eigenvalue weighted by Crippen LogP contribution is -2.12. The van der Waals surface area contributed by atoms with Gasteiger partial charge in [0.15, 0.2) is 0 Å². The van der Waals surface area contributed by atoms with Crippen LogP contribution in [0.25, 0.3) is 0 Å². The minimum atomic E-state index is -0.258. The van der Waals surface area contributed by atoms with Crippen molar-refractivity contribution in [2.24, 2.45) is 0 Å². The number of hydrogen-bond donors (Lipinski definition) is 1. The molecule has 0 unspecified atom stereocenters. The Kier molecular flexibility index (Phi) is 4.90. The fraction of sp³-hybridized carbons (Fsp3) is 0. The molecule has 6 heteroatoms. The normalized spacial score (nSPS) is 10.3. The Morgan fingerprint density at radius 1 is 1.00 bits per heavy atom. The number of rotatable bonds is 2. The van der Waals surface area contributed by atoms with Gasteiger partial charge in [-0.15, -0.1) is 0 Å². The van der Waals surface area contributed by atoms with E-state index in [-0.39, 0.29) is 5.91 Å². The average Bonchev–Trinajstić information content (AvgIpc) is 2.32. The van der Waals surface area contributed by atoms with Crippen LogP contribution < -0.4 is 5.32 Å². The molecule has 1 N–H and O–H groups in total. The van der Waals surface area contributed by atoms with Gasteiger partial charge in [-0.3, -0.25) is 4.79 Å². The van der Waals surface area contributed by atoms with E-state index in [1.165, 1.54) is 0 Å². The van der Waals surface area contributed by atoms with Crippen LogP contribution >= 0.6 is 55.1 Å². The lowest BCUT2D eigenvalue weighted by Gasteiger charge is -2.08. The summed E-state index contributed by atoms with van der Waals surface area (Å²) in [5.74, 6) is -0.258. The van der Waals surface area contributed by atoms with Gasteiger partial charge in [0.2, 0.25) is 0 Å². The molecule has 2 aromatic carbocycles. The summed E-state index contributed by atoms with van der Waals surface area (Å²) >= 11 is 18.5. The first-order valence-corrected chi connectivity index (χ1v) is 7.52. The Morgan fingerprint density at radius 2 is 1.74 bits per heavy atom. The van der Waals surface area contributed by atoms with Crippen LogP contribution in [0.5, 0.6) is 0 Å². The minimum Gasteiger partial charge on any atom is -0.321 e. The number of anilines is 1. The maximum Gasteiger partial charge on any atom is 0.255 e. The molecule has 2 aromatic rings. The Hall–Kier alpha value is -0.550. The van der Waals surface area contributed by atoms with Crippen molar-refractivity contribution in [2.45, 2.75) is 0 Å². The molecule has 0 aliphatic heterocycles. The first-order valence-electron chi connectivity index (χ1n) is 5.18. The number of benzene rings is 2. The molecule has 0 atom stereocenters. The van der Waals surface area contributed by atoms with Gasteiger partial charge in [-0.05, 0) is 52.3 Å². The quantitative estimate of drug-likeness (QED) is 0.652. The molecule has 0 bridgehead atoms. The maximum absolute atomic E-state index is 12.1. The van der Waals surface area contributed by atoms with Crippen molar-refractivity contribution in [3.63, 3.8) is 0 Å². The number of amides is 1. The lowest BCUT2D eigenvalue weighted by atomic mass is 10.2. The van der Waals surface area contributed by atoms with Crippen LogP contribution in [0, 0.1) is 0 Å². The fourth-order valence-corrected chi connectivity index (χ4v) is 2.85. The van der Waals surface area contributed by atoms with Crippen LogP contribution in [0.2, 0.25) is 10.0 Å². The van der Waals surface area contributed by atoms with Crippen LogP contribution in [0.1, 0.15) is 10.4 Å². The van der Waals surface area contributed by atoms with E-state index in [1.807, 2.05) is 0 Å². The zero-order chi connectivity index (χ0) is 14.0. The Morgan fingerprint density at radius 3 is 2.42 bits per heavy atom. The van der Waals surface area contributed by atoms with Gasteiger partial charge in [0, 0.05) is 24.6 Å². The van der Waals surface area contributed by atoms with Gasteiger partial charge >= 0.3 is 0 Å². The SMILES string of the molecule is O=C(Nc1cc(Cl)ccc1Br)c1cc(Cl)cc(Br)c1. The molecule has 0 aliphatic carbocycles. The van der Waals surface area contributed by atoms with Gasteiger partial charge in [-0.25, -0.2) is 0 Å². The molecule has 0 aromatic heterocycles. The minimum absolute atomic E-state index is 0.258. The summed E-state index contributed by atoms with van der Waals surface area (Å²) in [6.45, 7) is 0. The van der Waals surface area contributed by atoms with Gasteiger partial charge in [0.05, 0.1) is 5.69 Å². The number of carbonyl (C=O) groups is 1. The molecule has 0 spiro atoms. The van der Waals surface area contributed by atoms with Crippen molar-refractivity contribution in [3.8, 4) is 0 Å². The Bertz CT molecular complexity index is 626. The van der Waals surface area contributed by atoms with Crippen molar-refractivity contribution in [1.82, 2.24) is 0 Å². The molecule has 0 saturated heterocycles. The summed E-state index contributed by atoms with van der Waals surface area (Å²) in [4.78, 5) is 12.1. The number of halogens is 4. The van der Waals surface area contributed by atoms with E-state index in [9.17, 15) is 4.79 Å². The number of nitrogens with one attached hydrogen (secondary N) is 1. The summed E-state index contributed by atoms with van der Waals surface area (Å²) < 4.78 is 1.50. The molecule has 1 amide bonds. The van der Waals surface area contributed by atoms with Crippen molar-refractivity contribution >= 4 is 66.7 Å². The van der Waals surface area contributed by atoms with E-state index in [0.29, 0.717) is 21.3 Å². The molecule has 2 rings (SSSR count). The second-order valence-electron chi connectivity index (χ2n) is 3.74. The predicted molar refractivity (Wildman–Crippen MR) is 86.3 cm³/mol. The summed E-state index contributed by atoms with van der Waals surface area (Å²) in [5.41, 5.74) is 1.07. The zero-order valence-corrected chi connectivity index (χ0v) is 14.1. The Labute approximate surface area is 137 Å². The van der Waals surface area contributed by atoms with Gasteiger partial charge in [-0.1, -0.05) is 39.1 Å². The standard InChI is InChI=1S/C13H7Br2Cl2NO/c14-8-3-7(4-10(17)5-8)13(19)18-12-6-9(16)1-2-11(12)15/h1-6H,(H,18,19). The smallest absolute Gasteiger partial charge is 0.255 e. The molecule has 19 heavy (non-hydrogen) atoms. The predicted octanol–water partition coefficient (Wildman–Crippen LogP) is 5.77. The van der Waals surface area contributed by atoms with Crippen molar-refractivity contribution in [3.05, 3.63) is 61.0 Å². The van der Waals surface area contributed by atoms with Crippen molar-refractivity contribution in [1.29, 1.82) is 0 Å². The monoisotopic (exact) mass is 421 g/mol.